The van der Waals surface area contributed by atoms with Crippen LogP contribution in [0.3, 0.4) is 0 Å². The van der Waals surface area contributed by atoms with Gasteiger partial charge in [-0.05, 0) is 17.7 Å². The van der Waals surface area contributed by atoms with Gasteiger partial charge in [-0.25, -0.2) is 0 Å². The van der Waals surface area contributed by atoms with Crippen LogP contribution < -0.4 is 10.1 Å². The van der Waals surface area contributed by atoms with E-state index in [0.717, 1.165) is 17.4 Å². The van der Waals surface area contributed by atoms with Crippen molar-refractivity contribution in [2.45, 2.75) is 6.54 Å². The van der Waals surface area contributed by atoms with E-state index in [4.69, 9.17) is 4.74 Å². The summed E-state index contributed by atoms with van der Waals surface area (Å²) in [4.78, 5) is 0. The molecule has 0 bridgehead atoms. The molecule has 0 atom stereocenters. The highest BCUT2D eigenvalue weighted by molar-refractivity contribution is 7.13. The monoisotopic (exact) mass is 247 g/mol. The van der Waals surface area contributed by atoms with Crippen LogP contribution in [0.5, 0.6) is 5.75 Å². The maximum Gasteiger partial charge on any atom is 0.205 e. The number of nitrogens with zero attached hydrogens (tertiary/aromatic N) is 2. The Hall–Kier alpha value is -1.88. The van der Waals surface area contributed by atoms with Crippen LogP contribution >= 0.6 is 11.3 Å². The molecule has 0 amide bonds. The van der Waals surface area contributed by atoms with Crippen molar-refractivity contribution in [3.05, 3.63) is 48.0 Å². The number of nitrogens with one attached hydrogen (secondary N) is 1. The predicted molar refractivity (Wildman–Crippen MR) is 69.4 cm³/mol. The first-order valence-corrected chi connectivity index (χ1v) is 6.09. The lowest BCUT2D eigenvalue weighted by Crippen LogP contribution is -1.99. The molecular weight excluding hydrogens is 234 g/mol. The van der Waals surface area contributed by atoms with Gasteiger partial charge in [0.2, 0.25) is 5.13 Å². The zero-order valence-corrected chi connectivity index (χ0v) is 10.1. The van der Waals surface area contributed by atoms with Crippen LogP contribution in [-0.2, 0) is 6.54 Å². The van der Waals surface area contributed by atoms with Gasteiger partial charge in [-0.3, -0.25) is 0 Å². The number of aromatic nitrogens is 2. The smallest absolute Gasteiger partial charge is 0.205 e. The minimum atomic E-state index is 0.530. The SMILES string of the molecule is C=CCOc1ccc(CNc2nncs2)cc1. The number of ether oxygens (including phenoxy) is 1. The fourth-order valence-electron chi connectivity index (χ4n) is 1.29. The molecule has 88 valence electrons. The highest BCUT2D eigenvalue weighted by atomic mass is 32.1. The minimum Gasteiger partial charge on any atom is -0.490 e. The summed E-state index contributed by atoms with van der Waals surface area (Å²) in [5, 5.41) is 11.7. The Morgan fingerprint density at radius 1 is 1.35 bits per heavy atom. The van der Waals surface area contributed by atoms with Gasteiger partial charge < -0.3 is 10.1 Å². The van der Waals surface area contributed by atoms with Crippen molar-refractivity contribution in [1.82, 2.24) is 10.2 Å². The zero-order chi connectivity index (χ0) is 11.9. The minimum absolute atomic E-state index is 0.530. The third-order valence-corrected chi connectivity index (χ3v) is 2.74. The Kier molecular flexibility index (Phi) is 4.10. The van der Waals surface area contributed by atoms with E-state index >= 15 is 0 Å². The normalized spacial score (nSPS) is 9.88. The van der Waals surface area contributed by atoms with E-state index in [0.29, 0.717) is 6.61 Å². The standard InChI is InChI=1S/C12H13N3OS/c1-2-7-16-11-5-3-10(4-6-11)8-13-12-15-14-9-17-12/h2-6,9H,1,7-8H2,(H,13,15). The lowest BCUT2D eigenvalue weighted by Gasteiger charge is -2.05. The summed E-state index contributed by atoms with van der Waals surface area (Å²) >= 11 is 1.49. The van der Waals surface area contributed by atoms with Crippen molar-refractivity contribution in [1.29, 1.82) is 0 Å². The molecule has 0 fully saturated rings. The van der Waals surface area contributed by atoms with E-state index in [9.17, 15) is 0 Å². The second-order valence-corrected chi connectivity index (χ2v) is 4.17. The predicted octanol–water partition coefficient (Wildman–Crippen LogP) is 2.72. The molecular formula is C12H13N3OS. The van der Waals surface area contributed by atoms with Gasteiger partial charge in [-0.2, -0.15) is 0 Å². The third-order valence-electron chi connectivity index (χ3n) is 2.09. The molecule has 0 saturated heterocycles. The summed E-state index contributed by atoms with van der Waals surface area (Å²) in [5.74, 6) is 0.851. The van der Waals surface area contributed by atoms with Crippen LogP contribution in [0.25, 0.3) is 0 Å². The molecule has 1 N–H and O–H groups in total. The maximum absolute atomic E-state index is 5.40. The van der Waals surface area contributed by atoms with Crippen molar-refractivity contribution in [2.24, 2.45) is 0 Å². The highest BCUT2D eigenvalue weighted by Crippen LogP contribution is 2.14. The van der Waals surface area contributed by atoms with Gasteiger partial charge >= 0.3 is 0 Å². The number of anilines is 1. The van der Waals surface area contributed by atoms with Gasteiger partial charge in [-0.15, -0.1) is 10.2 Å². The molecule has 5 heteroatoms. The Morgan fingerprint density at radius 2 is 2.18 bits per heavy atom. The number of hydrogen-bond donors (Lipinski definition) is 1. The number of benzene rings is 1. The molecule has 1 heterocycles. The van der Waals surface area contributed by atoms with Gasteiger partial charge in [0.1, 0.15) is 17.9 Å². The maximum atomic E-state index is 5.40. The summed E-state index contributed by atoms with van der Waals surface area (Å²) in [5.41, 5.74) is 2.88. The van der Waals surface area contributed by atoms with Crippen LogP contribution in [-0.4, -0.2) is 16.8 Å². The first-order chi connectivity index (χ1) is 8.38. The van der Waals surface area contributed by atoms with Gasteiger partial charge in [0.25, 0.3) is 0 Å². The van der Waals surface area contributed by atoms with E-state index in [2.05, 4.69) is 22.1 Å². The van der Waals surface area contributed by atoms with Crippen LogP contribution in [0.4, 0.5) is 5.13 Å². The molecule has 0 aliphatic rings. The van der Waals surface area contributed by atoms with Crippen molar-refractivity contribution in [3.63, 3.8) is 0 Å². The van der Waals surface area contributed by atoms with Gasteiger partial charge in [0.05, 0.1) is 0 Å². The summed E-state index contributed by atoms with van der Waals surface area (Å²) in [7, 11) is 0. The van der Waals surface area contributed by atoms with Crippen molar-refractivity contribution in [2.75, 3.05) is 11.9 Å². The average molecular weight is 247 g/mol. The summed E-state index contributed by atoms with van der Waals surface area (Å²) in [6.07, 6.45) is 1.73. The van der Waals surface area contributed by atoms with Crippen molar-refractivity contribution < 1.29 is 4.74 Å². The molecule has 0 saturated carbocycles. The summed E-state index contributed by atoms with van der Waals surface area (Å²) < 4.78 is 5.40. The number of hydrogen-bond acceptors (Lipinski definition) is 5. The fraction of sp³-hybridized carbons (Fsp3) is 0.167. The molecule has 1 aromatic carbocycles. The molecule has 2 rings (SSSR count). The zero-order valence-electron chi connectivity index (χ0n) is 9.30. The average Bonchev–Trinajstić information content (AvgIpc) is 2.88. The molecule has 0 spiro atoms. The summed E-state index contributed by atoms with van der Waals surface area (Å²) in [6.45, 7) is 4.87. The van der Waals surface area contributed by atoms with E-state index in [-0.39, 0.29) is 0 Å². The molecule has 0 aliphatic carbocycles. The van der Waals surface area contributed by atoms with E-state index in [1.165, 1.54) is 16.9 Å². The van der Waals surface area contributed by atoms with Crippen LogP contribution in [0.1, 0.15) is 5.56 Å². The first-order valence-electron chi connectivity index (χ1n) is 5.21. The lowest BCUT2D eigenvalue weighted by atomic mass is 10.2. The van der Waals surface area contributed by atoms with Gasteiger partial charge in [-0.1, -0.05) is 36.1 Å². The molecule has 2 aromatic rings. The van der Waals surface area contributed by atoms with Crippen LogP contribution in [0.2, 0.25) is 0 Å². The topological polar surface area (TPSA) is 47.0 Å². The second-order valence-electron chi connectivity index (χ2n) is 3.34. The van der Waals surface area contributed by atoms with Gasteiger partial charge in [0.15, 0.2) is 0 Å². The Labute approximate surface area is 104 Å². The largest absolute Gasteiger partial charge is 0.490 e. The number of rotatable bonds is 6. The Balaban J connectivity index is 1.87. The molecule has 0 radical (unpaired) electrons. The van der Waals surface area contributed by atoms with E-state index in [1.807, 2.05) is 24.3 Å². The quantitative estimate of drug-likeness (QED) is 0.797. The first kappa shape index (κ1) is 11.6. The van der Waals surface area contributed by atoms with Crippen molar-refractivity contribution >= 4 is 16.5 Å². The van der Waals surface area contributed by atoms with Crippen LogP contribution in [0, 0.1) is 0 Å². The molecule has 0 unspecified atom stereocenters. The van der Waals surface area contributed by atoms with E-state index < -0.39 is 0 Å². The van der Waals surface area contributed by atoms with E-state index in [1.54, 1.807) is 11.6 Å². The molecule has 1 aromatic heterocycles. The molecule has 0 aliphatic heterocycles. The Morgan fingerprint density at radius 3 is 2.82 bits per heavy atom. The third kappa shape index (κ3) is 3.57. The fourth-order valence-corrected chi connectivity index (χ4v) is 1.73. The van der Waals surface area contributed by atoms with Crippen LogP contribution in [0.15, 0.2) is 42.4 Å². The molecule has 4 nitrogen and oxygen atoms in total. The second kappa shape index (κ2) is 6.00. The Bertz CT molecular complexity index is 453. The lowest BCUT2D eigenvalue weighted by molar-refractivity contribution is 0.363. The highest BCUT2D eigenvalue weighted by Gasteiger charge is 1.97. The van der Waals surface area contributed by atoms with Crippen molar-refractivity contribution in [3.8, 4) is 5.75 Å². The summed E-state index contributed by atoms with van der Waals surface area (Å²) in [6, 6.07) is 7.93. The molecule has 17 heavy (non-hydrogen) atoms. The van der Waals surface area contributed by atoms with Gasteiger partial charge in [0, 0.05) is 6.54 Å².